The molecule has 126 valence electrons. The van der Waals surface area contributed by atoms with Crippen LogP contribution < -0.4 is 9.47 Å². The minimum Gasteiger partial charge on any atom is -0.493 e. The van der Waals surface area contributed by atoms with Crippen molar-refractivity contribution in [3.63, 3.8) is 0 Å². The van der Waals surface area contributed by atoms with Crippen LogP contribution in [0.4, 0.5) is 0 Å². The zero-order valence-electron chi connectivity index (χ0n) is 13.7. The van der Waals surface area contributed by atoms with Gasteiger partial charge in [0.2, 0.25) is 0 Å². The Labute approximate surface area is 141 Å². The summed E-state index contributed by atoms with van der Waals surface area (Å²) in [6, 6.07) is 9.45. The maximum absolute atomic E-state index is 12.9. The van der Waals surface area contributed by atoms with Gasteiger partial charge >= 0.3 is 6.01 Å². The summed E-state index contributed by atoms with van der Waals surface area (Å²) in [7, 11) is 0. The molecule has 1 aromatic carbocycles. The summed E-state index contributed by atoms with van der Waals surface area (Å²) in [6.45, 7) is 3.68. The van der Waals surface area contributed by atoms with Gasteiger partial charge in [0.05, 0.1) is 18.7 Å². The predicted molar refractivity (Wildman–Crippen MR) is 89.2 cm³/mol. The van der Waals surface area contributed by atoms with E-state index in [4.69, 9.17) is 9.47 Å². The summed E-state index contributed by atoms with van der Waals surface area (Å²) in [4.78, 5) is 22.8. The van der Waals surface area contributed by atoms with Crippen molar-refractivity contribution in [3.8, 4) is 11.8 Å². The Hall–Kier alpha value is -2.63. The third-order valence-corrected chi connectivity index (χ3v) is 3.90. The van der Waals surface area contributed by atoms with Gasteiger partial charge in [-0.15, -0.1) is 0 Å². The molecule has 24 heavy (non-hydrogen) atoms. The van der Waals surface area contributed by atoms with Crippen LogP contribution in [0.2, 0.25) is 0 Å². The standard InChI is InChI=1S/C18H21N3O3/c1-2-23-16-9-4-3-8-15(16)17(22)21-12-5-7-14(13-21)24-18-19-10-6-11-20-18/h3-4,6,8-11,14H,2,5,7,12-13H2,1H3. The fraction of sp³-hybridized carbons (Fsp3) is 0.389. The summed E-state index contributed by atoms with van der Waals surface area (Å²) >= 11 is 0. The summed E-state index contributed by atoms with van der Waals surface area (Å²) in [6.07, 6.45) is 4.97. The minimum absolute atomic E-state index is 0.0265. The van der Waals surface area contributed by atoms with Gasteiger partial charge in [-0.05, 0) is 38.0 Å². The van der Waals surface area contributed by atoms with Crippen molar-refractivity contribution in [2.45, 2.75) is 25.9 Å². The van der Waals surface area contributed by atoms with Crippen molar-refractivity contribution >= 4 is 5.91 Å². The number of ether oxygens (including phenoxy) is 2. The molecule has 0 spiro atoms. The first-order chi connectivity index (χ1) is 11.8. The van der Waals surface area contributed by atoms with Gasteiger partial charge in [0, 0.05) is 18.9 Å². The largest absolute Gasteiger partial charge is 0.493 e. The number of amides is 1. The molecule has 3 rings (SSSR count). The molecule has 1 aliphatic rings. The molecule has 2 aromatic rings. The first kappa shape index (κ1) is 16.2. The highest BCUT2D eigenvalue weighted by atomic mass is 16.5. The molecular weight excluding hydrogens is 306 g/mol. The van der Waals surface area contributed by atoms with E-state index in [2.05, 4.69) is 9.97 Å². The van der Waals surface area contributed by atoms with Crippen molar-refractivity contribution in [2.24, 2.45) is 0 Å². The van der Waals surface area contributed by atoms with E-state index in [1.54, 1.807) is 24.5 Å². The summed E-state index contributed by atoms with van der Waals surface area (Å²) in [5.74, 6) is 0.598. The number of hydrogen-bond acceptors (Lipinski definition) is 5. The minimum atomic E-state index is -0.0932. The lowest BCUT2D eigenvalue weighted by atomic mass is 10.1. The van der Waals surface area contributed by atoms with Crippen molar-refractivity contribution in [2.75, 3.05) is 19.7 Å². The lowest BCUT2D eigenvalue weighted by molar-refractivity contribution is 0.0512. The molecule has 1 aliphatic heterocycles. The van der Waals surface area contributed by atoms with E-state index in [9.17, 15) is 4.79 Å². The van der Waals surface area contributed by atoms with Gasteiger partial charge in [-0.2, -0.15) is 0 Å². The van der Waals surface area contributed by atoms with E-state index >= 15 is 0 Å². The molecule has 6 heteroatoms. The Bertz CT molecular complexity index is 678. The molecule has 1 amide bonds. The second-order valence-corrected chi connectivity index (χ2v) is 5.59. The molecule has 1 atom stereocenters. The maximum Gasteiger partial charge on any atom is 0.316 e. The van der Waals surface area contributed by atoms with E-state index in [-0.39, 0.29) is 12.0 Å². The van der Waals surface area contributed by atoms with Gasteiger partial charge in [-0.25, -0.2) is 9.97 Å². The number of carbonyl (C=O) groups excluding carboxylic acids is 1. The highest BCUT2D eigenvalue weighted by Crippen LogP contribution is 2.23. The van der Waals surface area contributed by atoms with Gasteiger partial charge in [0.15, 0.2) is 0 Å². The van der Waals surface area contributed by atoms with Crippen LogP contribution in [0.15, 0.2) is 42.7 Å². The smallest absolute Gasteiger partial charge is 0.316 e. The van der Waals surface area contributed by atoms with Crippen molar-refractivity contribution in [3.05, 3.63) is 48.3 Å². The number of piperidine rings is 1. The van der Waals surface area contributed by atoms with E-state index in [1.165, 1.54) is 0 Å². The predicted octanol–water partition coefficient (Wildman–Crippen LogP) is 2.56. The number of para-hydroxylation sites is 1. The maximum atomic E-state index is 12.9. The molecule has 1 saturated heterocycles. The summed E-state index contributed by atoms with van der Waals surface area (Å²) < 4.78 is 11.4. The Balaban J connectivity index is 1.69. The number of hydrogen-bond donors (Lipinski definition) is 0. The summed E-state index contributed by atoms with van der Waals surface area (Å²) in [5, 5.41) is 0. The fourth-order valence-electron chi connectivity index (χ4n) is 2.81. The molecule has 6 nitrogen and oxygen atoms in total. The zero-order valence-corrected chi connectivity index (χ0v) is 13.7. The number of benzene rings is 1. The molecule has 0 radical (unpaired) electrons. The number of rotatable bonds is 5. The quantitative estimate of drug-likeness (QED) is 0.844. The van der Waals surface area contributed by atoms with Crippen molar-refractivity contribution in [1.29, 1.82) is 0 Å². The lowest BCUT2D eigenvalue weighted by Crippen LogP contribution is -2.44. The number of carbonyl (C=O) groups is 1. The van der Waals surface area contributed by atoms with Crippen LogP contribution >= 0.6 is 0 Å². The van der Waals surface area contributed by atoms with Gasteiger partial charge < -0.3 is 14.4 Å². The summed E-state index contributed by atoms with van der Waals surface area (Å²) in [5.41, 5.74) is 0.593. The van der Waals surface area contributed by atoms with Crippen molar-refractivity contribution in [1.82, 2.24) is 14.9 Å². The Morgan fingerprint density at radius 3 is 2.83 bits per heavy atom. The number of likely N-dealkylation sites (tertiary alicyclic amines) is 1. The third-order valence-electron chi connectivity index (χ3n) is 3.90. The fourth-order valence-corrected chi connectivity index (χ4v) is 2.81. The second-order valence-electron chi connectivity index (χ2n) is 5.59. The zero-order chi connectivity index (χ0) is 16.8. The molecule has 1 aromatic heterocycles. The van der Waals surface area contributed by atoms with Gasteiger partial charge in [-0.1, -0.05) is 12.1 Å². The van der Waals surface area contributed by atoms with Crippen LogP contribution in [0, 0.1) is 0 Å². The van der Waals surface area contributed by atoms with Crippen LogP contribution in [0.5, 0.6) is 11.8 Å². The average Bonchev–Trinajstić information content (AvgIpc) is 2.63. The third kappa shape index (κ3) is 3.82. The van der Waals surface area contributed by atoms with Crippen LogP contribution in [-0.2, 0) is 0 Å². The molecular formula is C18H21N3O3. The molecule has 2 heterocycles. The van der Waals surface area contributed by atoms with Crippen LogP contribution in [0.3, 0.4) is 0 Å². The van der Waals surface area contributed by atoms with Gasteiger partial charge in [-0.3, -0.25) is 4.79 Å². The first-order valence-corrected chi connectivity index (χ1v) is 8.22. The average molecular weight is 327 g/mol. The Morgan fingerprint density at radius 2 is 2.04 bits per heavy atom. The van der Waals surface area contributed by atoms with E-state index < -0.39 is 0 Å². The molecule has 1 fully saturated rings. The Kier molecular flexibility index (Phi) is 5.25. The SMILES string of the molecule is CCOc1ccccc1C(=O)N1CCCC(Oc2ncccn2)C1. The van der Waals surface area contributed by atoms with Crippen LogP contribution in [-0.4, -0.2) is 46.6 Å². The number of aromatic nitrogens is 2. The molecule has 1 unspecified atom stereocenters. The molecule has 0 aliphatic carbocycles. The van der Waals surface area contributed by atoms with Gasteiger partial charge in [0.1, 0.15) is 11.9 Å². The monoisotopic (exact) mass is 327 g/mol. The van der Waals surface area contributed by atoms with Crippen molar-refractivity contribution < 1.29 is 14.3 Å². The number of nitrogens with zero attached hydrogens (tertiary/aromatic N) is 3. The Morgan fingerprint density at radius 1 is 1.25 bits per heavy atom. The van der Waals surface area contributed by atoms with Crippen LogP contribution in [0.1, 0.15) is 30.1 Å². The van der Waals surface area contributed by atoms with Gasteiger partial charge in [0.25, 0.3) is 5.91 Å². The highest BCUT2D eigenvalue weighted by Gasteiger charge is 2.27. The van der Waals surface area contributed by atoms with E-state index in [1.807, 2.05) is 30.0 Å². The second kappa shape index (κ2) is 7.77. The highest BCUT2D eigenvalue weighted by molar-refractivity contribution is 5.97. The lowest BCUT2D eigenvalue weighted by Gasteiger charge is -2.32. The molecule has 0 saturated carbocycles. The normalized spacial score (nSPS) is 17.4. The molecule has 0 bridgehead atoms. The first-order valence-electron chi connectivity index (χ1n) is 8.22. The van der Waals surface area contributed by atoms with E-state index in [0.717, 1.165) is 19.4 Å². The topological polar surface area (TPSA) is 64.5 Å². The van der Waals surface area contributed by atoms with Crippen LogP contribution in [0.25, 0.3) is 0 Å². The molecule has 0 N–H and O–H groups in total. The van der Waals surface area contributed by atoms with E-state index in [0.29, 0.717) is 30.5 Å².